The minimum Gasteiger partial charge on any atom is -0.397 e. The summed E-state index contributed by atoms with van der Waals surface area (Å²) in [6.45, 7) is 1.78. The van der Waals surface area contributed by atoms with Crippen LogP contribution in [0.25, 0.3) is 0 Å². The van der Waals surface area contributed by atoms with Crippen molar-refractivity contribution in [3.05, 3.63) is 17.5 Å². The molecule has 1 heterocycles. The van der Waals surface area contributed by atoms with Gasteiger partial charge in [0.2, 0.25) is 0 Å². The molecule has 1 aromatic rings. The van der Waals surface area contributed by atoms with Crippen molar-refractivity contribution in [1.29, 1.82) is 0 Å². The van der Waals surface area contributed by atoms with Gasteiger partial charge in [0.05, 0.1) is 11.4 Å². The Morgan fingerprint density at radius 3 is 2.80 bits per heavy atom. The van der Waals surface area contributed by atoms with Crippen molar-refractivity contribution < 1.29 is 0 Å². The summed E-state index contributed by atoms with van der Waals surface area (Å²) >= 11 is 0. The summed E-state index contributed by atoms with van der Waals surface area (Å²) < 4.78 is 0. The molecular formula is C7H7N3. The second-order valence-electron chi connectivity index (χ2n) is 1.91. The Labute approximate surface area is 59.3 Å². The van der Waals surface area contributed by atoms with Gasteiger partial charge in [0.1, 0.15) is 5.69 Å². The second kappa shape index (κ2) is 2.36. The maximum Gasteiger partial charge on any atom is 0.137 e. The highest BCUT2D eigenvalue weighted by molar-refractivity contribution is 5.45. The van der Waals surface area contributed by atoms with E-state index >= 15 is 0 Å². The van der Waals surface area contributed by atoms with Crippen LogP contribution >= 0.6 is 0 Å². The van der Waals surface area contributed by atoms with Crippen molar-refractivity contribution >= 4 is 5.69 Å². The van der Waals surface area contributed by atoms with Crippen molar-refractivity contribution in [3.63, 3.8) is 0 Å². The van der Waals surface area contributed by atoms with Crippen molar-refractivity contribution in [3.8, 4) is 12.3 Å². The fraction of sp³-hybridized carbons (Fsp3) is 0.143. The SMILES string of the molecule is C#Cc1cc(N)c(C)nn1. The number of anilines is 1. The maximum absolute atomic E-state index is 5.50. The van der Waals surface area contributed by atoms with E-state index in [0.29, 0.717) is 17.1 Å². The Morgan fingerprint density at radius 1 is 1.60 bits per heavy atom. The number of nitrogens with two attached hydrogens (primary N) is 1. The van der Waals surface area contributed by atoms with Gasteiger partial charge in [0.15, 0.2) is 0 Å². The summed E-state index contributed by atoms with van der Waals surface area (Å²) in [5, 5.41) is 7.42. The predicted molar refractivity (Wildman–Crippen MR) is 39.1 cm³/mol. The van der Waals surface area contributed by atoms with Crippen LogP contribution in [0, 0.1) is 19.3 Å². The lowest BCUT2D eigenvalue weighted by atomic mass is 10.3. The molecule has 0 radical (unpaired) electrons. The average Bonchev–Trinajstić information content (AvgIpc) is 1.95. The molecule has 0 spiro atoms. The second-order valence-corrected chi connectivity index (χ2v) is 1.91. The molecule has 10 heavy (non-hydrogen) atoms. The van der Waals surface area contributed by atoms with Crippen molar-refractivity contribution in [2.45, 2.75) is 6.92 Å². The Bertz CT molecular complexity index is 285. The molecular weight excluding hydrogens is 126 g/mol. The van der Waals surface area contributed by atoms with Gasteiger partial charge in [-0.2, -0.15) is 5.10 Å². The van der Waals surface area contributed by atoms with Crippen LogP contribution in [0.15, 0.2) is 6.07 Å². The van der Waals surface area contributed by atoms with Gasteiger partial charge in [-0.3, -0.25) is 0 Å². The molecule has 0 saturated carbocycles. The lowest BCUT2D eigenvalue weighted by molar-refractivity contribution is 0.972. The van der Waals surface area contributed by atoms with E-state index in [1.807, 2.05) is 0 Å². The van der Waals surface area contributed by atoms with Crippen molar-refractivity contribution in [2.75, 3.05) is 5.73 Å². The number of rotatable bonds is 0. The van der Waals surface area contributed by atoms with Gasteiger partial charge in [-0.05, 0) is 18.9 Å². The summed E-state index contributed by atoms with van der Waals surface area (Å²) in [4.78, 5) is 0. The lowest BCUT2D eigenvalue weighted by Crippen LogP contribution is -1.96. The zero-order valence-electron chi connectivity index (χ0n) is 5.63. The highest BCUT2D eigenvalue weighted by Crippen LogP contribution is 2.05. The molecule has 3 nitrogen and oxygen atoms in total. The van der Waals surface area contributed by atoms with E-state index in [1.54, 1.807) is 13.0 Å². The molecule has 0 atom stereocenters. The average molecular weight is 133 g/mol. The molecule has 1 rings (SSSR count). The third-order valence-electron chi connectivity index (χ3n) is 1.17. The molecule has 1 aromatic heterocycles. The minimum atomic E-state index is 0.475. The van der Waals surface area contributed by atoms with Crippen LogP contribution in [0.5, 0.6) is 0 Å². The number of aromatic nitrogens is 2. The van der Waals surface area contributed by atoms with E-state index < -0.39 is 0 Å². The zero-order chi connectivity index (χ0) is 7.56. The molecule has 0 fully saturated rings. The van der Waals surface area contributed by atoms with Gasteiger partial charge in [-0.25, -0.2) is 0 Å². The van der Waals surface area contributed by atoms with Crippen LogP contribution < -0.4 is 5.73 Å². The molecule has 0 amide bonds. The van der Waals surface area contributed by atoms with Crippen LogP contribution in [0.4, 0.5) is 5.69 Å². The normalized spacial score (nSPS) is 8.80. The first kappa shape index (κ1) is 6.56. The molecule has 0 aliphatic heterocycles. The first-order valence-corrected chi connectivity index (χ1v) is 2.80. The molecule has 2 N–H and O–H groups in total. The Morgan fingerprint density at radius 2 is 2.30 bits per heavy atom. The van der Waals surface area contributed by atoms with Gasteiger partial charge in [0.25, 0.3) is 0 Å². The van der Waals surface area contributed by atoms with Gasteiger partial charge >= 0.3 is 0 Å². The van der Waals surface area contributed by atoms with E-state index in [4.69, 9.17) is 12.2 Å². The van der Waals surface area contributed by atoms with Crippen molar-refractivity contribution in [2.24, 2.45) is 0 Å². The molecule has 0 aliphatic rings. The van der Waals surface area contributed by atoms with Crippen molar-refractivity contribution in [1.82, 2.24) is 10.2 Å². The largest absolute Gasteiger partial charge is 0.397 e. The predicted octanol–water partition coefficient (Wildman–Crippen LogP) is 0.349. The molecule has 50 valence electrons. The fourth-order valence-corrected chi connectivity index (χ4v) is 0.538. The maximum atomic E-state index is 5.50. The number of hydrogen-bond donors (Lipinski definition) is 1. The van der Waals surface area contributed by atoms with Crippen LogP contribution in [-0.2, 0) is 0 Å². The van der Waals surface area contributed by atoms with Crippen LogP contribution in [0.2, 0.25) is 0 Å². The lowest BCUT2D eigenvalue weighted by Gasteiger charge is -1.95. The Hall–Kier alpha value is -1.56. The first-order valence-electron chi connectivity index (χ1n) is 2.80. The Kier molecular flexibility index (Phi) is 1.55. The quantitative estimate of drug-likeness (QED) is 0.519. The van der Waals surface area contributed by atoms with E-state index in [1.165, 1.54) is 0 Å². The molecule has 0 unspecified atom stereocenters. The third kappa shape index (κ3) is 1.06. The van der Waals surface area contributed by atoms with E-state index in [9.17, 15) is 0 Å². The van der Waals surface area contributed by atoms with Gasteiger partial charge in [-0.15, -0.1) is 11.5 Å². The monoisotopic (exact) mass is 133 g/mol. The summed E-state index contributed by atoms with van der Waals surface area (Å²) in [6.07, 6.45) is 5.06. The molecule has 3 heteroatoms. The van der Waals surface area contributed by atoms with Gasteiger partial charge in [0, 0.05) is 0 Å². The van der Waals surface area contributed by atoms with Crippen LogP contribution in [0.1, 0.15) is 11.4 Å². The van der Waals surface area contributed by atoms with Gasteiger partial charge in [-0.1, -0.05) is 0 Å². The number of hydrogen-bond acceptors (Lipinski definition) is 3. The third-order valence-corrected chi connectivity index (χ3v) is 1.17. The standard InChI is InChI=1S/C7H7N3/c1-3-6-4-7(8)5(2)9-10-6/h1,4H,2H3,(H2,8,10). The van der Waals surface area contributed by atoms with Crippen LogP contribution in [-0.4, -0.2) is 10.2 Å². The number of nitrogens with zero attached hydrogens (tertiary/aromatic N) is 2. The molecule has 0 saturated heterocycles. The summed E-state index contributed by atoms with van der Waals surface area (Å²) in [5.74, 6) is 2.34. The van der Waals surface area contributed by atoms with Gasteiger partial charge < -0.3 is 5.73 Å². The highest BCUT2D eigenvalue weighted by atomic mass is 15.1. The minimum absolute atomic E-state index is 0.475. The summed E-state index contributed by atoms with van der Waals surface area (Å²) in [7, 11) is 0. The summed E-state index contributed by atoms with van der Waals surface area (Å²) in [6, 6.07) is 1.63. The highest BCUT2D eigenvalue weighted by Gasteiger charge is 1.95. The topological polar surface area (TPSA) is 51.8 Å². The Balaban J connectivity index is 3.20. The summed E-state index contributed by atoms with van der Waals surface area (Å²) in [5.41, 5.74) is 7.27. The molecule has 0 bridgehead atoms. The number of nitrogen functional groups attached to an aromatic ring is 1. The van der Waals surface area contributed by atoms with Crippen LogP contribution in [0.3, 0.4) is 0 Å². The smallest absolute Gasteiger partial charge is 0.137 e. The van der Waals surface area contributed by atoms with E-state index in [0.717, 1.165) is 0 Å². The number of terminal acetylenes is 1. The zero-order valence-corrected chi connectivity index (χ0v) is 5.63. The fourth-order valence-electron chi connectivity index (χ4n) is 0.538. The molecule has 0 aliphatic carbocycles. The first-order chi connectivity index (χ1) is 4.74. The van der Waals surface area contributed by atoms with E-state index in [2.05, 4.69) is 16.1 Å². The van der Waals surface area contributed by atoms with E-state index in [-0.39, 0.29) is 0 Å². The number of aryl methyl sites for hydroxylation is 1. The molecule has 0 aromatic carbocycles.